The van der Waals surface area contributed by atoms with Gasteiger partial charge < -0.3 is 18.9 Å². The van der Waals surface area contributed by atoms with E-state index in [1.54, 1.807) is 16.4 Å². The first-order chi connectivity index (χ1) is 13.5. The molecule has 0 unspecified atom stereocenters. The maximum atomic E-state index is 13.3. The van der Waals surface area contributed by atoms with Crippen molar-refractivity contribution in [1.29, 1.82) is 0 Å². The molecule has 28 heavy (non-hydrogen) atoms. The molecule has 7 nitrogen and oxygen atoms in total. The number of nitrogens with zero attached hydrogens (tertiary/aromatic N) is 1. The molecule has 2 aromatic rings. The summed E-state index contributed by atoms with van der Waals surface area (Å²) in [4.78, 5) is 0.189. The van der Waals surface area contributed by atoms with Crippen molar-refractivity contribution in [1.82, 2.24) is 4.31 Å². The third-order valence-electron chi connectivity index (χ3n) is 5.12. The minimum absolute atomic E-state index is 0.189. The molecule has 2 aromatic carbocycles. The van der Waals surface area contributed by atoms with E-state index in [1.807, 2.05) is 18.2 Å². The zero-order chi connectivity index (χ0) is 19.7. The second kappa shape index (κ2) is 7.52. The maximum Gasteiger partial charge on any atom is 0.243 e. The van der Waals surface area contributed by atoms with Gasteiger partial charge in [-0.2, -0.15) is 4.31 Å². The number of hydrogen-bond donors (Lipinski definition) is 0. The van der Waals surface area contributed by atoms with E-state index in [4.69, 9.17) is 18.9 Å². The van der Waals surface area contributed by atoms with Crippen LogP contribution >= 0.6 is 0 Å². The maximum absolute atomic E-state index is 13.3. The second-order valence-corrected chi connectivity index (χ2v) is 8.58. The lowest BCUT2D eigenvalue weighted by molar-refractivity contribution is 0.171. The molecule has 0 bridgehead atoms. The van der Waals surface area contributed by atoms with Crippen LogP contribution in [0, 0.1) is 0 Å². The summed E-state index contributed by atoms with van der Waals surface area (Å²) < 4.78 is 50.0. The first kappa shape index (κ1) is 18.9. The van der Waals surface area contributed by atoms with Gasteiger partial charge in [-0.15, -0.1) is 0 Å². The lowest BCUT2D eigenvalue weighted by atomic mass is 10.0. The highest BCUT2D eigenvalue weighted by molar-refractivity contribution is 7.89. The lowest BCUT2D eigenvalue weighted by Gasteiger charge is -2.26. The van der Waals surface area contributed by atoms with E-state index in [0.717, 1.165) is 18.4 Å². The molecule has 1 atom stereocenters. The van der Waals surface area contributed by atoms with Crippen LogP contribution in [-0.2, 0) is 10.0 Å². The van der Waals surface area contributed by atoms with Crippen LogP contribution < -0.4 is 18.9 Å². The Morgan fingerprint density at radius 1 is 0.964 bits per heavy atom. The highest BCUT2D eigenvalue weighted by Crippen LogP contribution is 2.41. The molecule has 1 fully saturated rings. The minimum Gasteiger partial charge on any atom is -0.493 e. The van der Waals surface area contributed by atoms with E-state index in [9.17, 15) is 8.42 Å². The summed E-state index contributed by atoms with van der Waals surface area (Å²) in [6, 6.07) is 10.1. The first-order valence-electron chi connectivity index (χ1n) is 9.18. The van der Waals surface area contributed by atoms with Crippen molar-refractivity contribution in [3.05, 3.63) is 42.0 Å². The molecular formula is C20H23NO6S. The molecule has 0 N–H and O–H groups in total. The van der Waals surface area contributed by atoms with Gasteiger partial charge in [-0.3, -0.25) is 0 Å². The van der Waals surface area contributed by atoms with Gasteiger partial charge in [-0.25, -0.2) is 8.42 Å². The van der Waals surface area contributed by atoms with Gasteiger partial charge in [-0.1, -0.05) is 6.07 Å². The minimum atomic E-state index is -3.69. The van der Waals surface area contributed by atoms with Gasteiger partial charge in [0.15, 0.2) is 23.0 Å². The third-order valence-corrected chi connectivity index (χ3v) is 7.02. The van der Waals surface area contributed by atoms with Crippen molar-refractivity contribution in [3.63, 3.8) is 0 Å². The van der Waals surface area contributed by atoms with E-state index in [2.05, 4.69) is 0 Å². The fraction of sp³-hybridized carbons (Fsp3) is 0.400. The summed E-state index contributed by atoms with van der Waals surface area (Å²) in [5.74, 6) is 2.24. The fourth-order valence-electron chi connectivity index (χ4n) is 3.74. The Labute approximate surface area is 164 Å². The van der Waals surface area contributed by atoms with Crippen molar-refractivity contribution < 1.29 is 27.4 Å². The molecule has 0 saturated carbocycles. The van der Waals surface area contributed by atoms with Gasteiger partial charge in [0.2, 0.25) is 10.0 Å². The van der Waals surface area contributed by atoms with Crippen LogP contribution in [0.3, 0.4) is 0 Å². The summed E-state index contributed by atoms with van der Waals surface area (Å²) in [6.45, 7) is 1.49. The van der Waals surface area contributed by atoms with Crippen LogP contribution in [0.2, 0.25) is 0 Å². The topological polar surface area (TPSA) is 74.3 Å². The molecule has 8 heteroatoms. The molecule has 2 aliphatic rings. The highest BCUT2D eigenvalue weighted by atomic mass is 32.2. The summed E-state index contributed by atoms with van der Waals surface area (Å²) in [6.07, 6.45) is 1.55. The zero-order valence-corrected chi connectivity index (χ0v) is 16.7. The molecule has 0 radical (unpaired) electrons. The van der Waals surface area contributed by atoms with Crippen molar-refractivity contribution in [2.45, 2.75) is 23.8 Å². The smallest absolute Gasteiger partial charge is 0.243 e. The predicted octanol–water partition coefficient (Wildman–Crippen LogP) is 3.00. The van der Waals surface area contributed by atoms with Crippen LogP contribution in [0.5, 0.6) is 23.0 Å². The molecule has 2 heterocycles. The standard InChI is InChI=1S/C20H23NO6S/c1-24-17-8-6-15(13-19(17)25-2)28(22,23)21-9-3-4-16(21)14-5-7-18-20(12-14)27-11-10-26-18/h5-8,12-13,16H,3-4,9-11H2,1-2H3/t16-/m1/s1. The van der Waals surface area contributed by atoms with Crippen LogP contribution in [0.15, 0.2) is 41.3 Å². The number of hydrogen-bond acceptors (Lipinski definition) is 6. The molecule has 0 aromatic heterocycles. The Morgan fingerprint density at radius 3 is 2.46 bits per heavy atom. The summed E-state index contributed by atoms with van der Waals surface area (Å²) >= 11 is 0. The van der Waals surface area contributed by atoms with E-state index < -0.39 is 10.0 Å². The van der Waals surface area contributed by atoms with Gasteiger partial charge in [-0.05, 0) is 42.7 Å². The van der Waals surface area contributed by atoms with Gasteiger partial charge >= 0.3 is 0 Å². The van der Waals surface area contributed by atoms with Gasteiger partial charge in [0.05, 0.1) is 25.2 Å². The third kappa shape index (κ3) is 3.27. The normalized spacial score (nSPS) is 19.4. The second-order valence-electron chi connectivity index (χ2n) is 6.69. The highest BCUT2D eigenvalue weighted by Gasteiger charge is 2.37. The van der Waals surface area contributed by atoms with Gasteiger partial charge in [0.25, 0.3) is 0 Å². The Morgan fingerprint density at radius 2 is 1.71 bits per heavy atom. The fourth-order valence-corrected chi connectivity index (χ4v) is 5.44. The van der Waals surface area contributed by atoms with Crippen molar-refractivity contribution >= 4 is 10.0 Å². The average Bonchev–Trinajstić information content (AvgIpc) is 3.23. The van der Waals surface area contributed by atoms with Crippen LogP contribution in [0.25, 0.3) is 0 Å². The van der Waals surface area contributed by atoms with E-state index in [0.29, 0.717) is 42.8 Å². The molecular weight excluding hydrogens is 382 g/mol. The number of methoxy groups -OCH3 is 2. The lowest BCUT2D eigenvalue weighted by Crippen LogP contribution is -2.30. The van der Waals surface area contributed by atoms with E-state index >= 15 is 0 Å². The van der Waals surface area contributed by atoms with E-state index in [-0.39, 0.29) is 10.9 Å². The monoisotopic (exact) mass is 405 g/mol. The molecule has 0 spiro atoms. The molecule has 0 amide bonds. The van der Waals surface area contributed by atoms with Crippen LogP contribution in [0.4, 0.5) is 0 Å². The predicted molar refractivity (Wildman–Crippen MR) is 103 cm³/mol. The molecule has 2 aliphatic heterocycles. The summed E-state index contributed by atoms with van der Waals surface area (Å²) in [5.41, 5.74) is 0.908. The Balaban J connectivity index is 1.67. The van der Waals surface area contributed by atoms with Crippen LogP contribution in [0.1, 0.15) is 24.4 Å². The molecule has 0 aliphatic carbocycles. The Kier molecular flexibility index (Phi) is 5.07. The number of sulfonamides is 1. The zero-order valence-electron chi connectivity index (χ0n) is 15.9. The van der Waals surface area contributed by atoms with Crippen molar-refractivity contribution in [3.8, 4) is 23.0 Å². The largest absolute Gasteiger partial charge is 0.493 e. The Hall–Kier alpha value is -2.45. The van der Waals surface area contributed by atoms with E-state index in [1.165, 1.54) is 20.3 Å². The SMILES string of the molecule is COc1ccc(S(=O)(=O)N2CCC[C@@H]2c2ccc3c(c2)OCCO3)cc1OC. The van der Waals surface area contributed by atoms with Crippen molar-refractivity contribution in [2.75, 3.05) is 34.0 Å². The molecule has 4 rings (SSSR count). The Bertz CT molecular complexity index is 975. The summed E-state index contributed by atoms with van der Waals surface area (Å²) in [5, 5.41) is 0. The van der Waals surface area contributed by atoms with Gasteiger partial charge in [0, 0.05) is 12.6 Å². The number of fused-ring (bicyclic) bond motifs is 1. The first-order valence-corrected chi connectivity index (χ1v) is 10.6. The average molecular weight is 405 g/mol. The number of benzene rings is 2. The van der Waals surface area contributed by atoms with Crippen molar-refractivity contribution in [2.24, 2.45) is 0 Å². The van der Waals surface area contributed by atoms with Crippen LogP contribution in [-0.4, -0.2) is 46.7 Å². The number of rotatable bonds is 5. The number of ether oxygens (including phenoxy) is 4. The molecule has 150 valence electrons. The molecule has 1 saturated heterocycles. The van der Waals surface area contributed by atoms with Gasteiger partial charge in [0.1, 0.15) is 13.2 Å². The quantitative estimate of drug-likeness (QED) is 0.761. The summed E-state index contributed by atoms with van der Waals surface area (Å²) in [7, 11) is -0.683.